The van der Waals surface area contributed by atoms with Crippen LogP contribution in [0.3, 0.4) is 0 Å². The number of halogens is 2. The number of hydrogen-bond acceptors (Lipinski definition) is 2. The van der Waals surface area contributed by atoms with Crippen molar-refractivity contribution < 1.29 is 9.18 Å². The van der Waals surface area contributed by atoms with Gasteiger partial charge >= 0.3 is 0 Å². The first-order valence-corrected chi connectivity index (χ1v) is 7.93. The number of carbonyl (C=O) groups is 1. The Morgan fingerprint density at radius 3 is 2.70 bits per heavy atom. The number of benzene rings is 1. The summed E-state index contributed by atoms with van der Waals surface area (Å²) in [6.45, 7) is 3.91. The molecule has 1 unspecified atom stereocenters. The van der Waals surface area contributed by atoms with Crippen LogP contribution in [-0.2, 0) is 0 Å². The minimum absolute atomic E-state index is 0.00132. The first-order chi connectivity index (χ1) is 9.65. The van der Waals surface area contributed by atoms with Gasteiger partial charge in [0, 0.05) is 23.6 Å². The molecule has 1 aromatic rings. The minimum Gasteiger partial charge on any atom is -0.337 e. The second kappa shape index (κ2) is 5.82. The lowest BCUT2D eigenvalue weighted by Crippen LogP contribution is -2.37. The van der Waals surface area contributed by atoms with E-state index in [9.17, 15) is 9.18 Å². The second-order valence-electron chi connectivity index (χ2n) is 5.56. The Kier molecular flexibility index (Phi) is 4.08. The fourth-order valence-electron chi connectivity index (χ4n) is 3.16. The smallest absolute Gasteiger partial charge is 0.255 e. The summed E-state index contributed by atoms with van der Waals surface area (Å²) in [5, 5.41) is 0. The largest absolute Gasteiger partial charge is 0.337 e. The molecule has 2 aliphatic rings. The van der Waals surface area contributed by atoms with Gasteiger partial charge in [0.05, 0.1) is 5.56 Å². The van der Waals surface area contributed by atoms with Crippen molar-refractivity contribution in [3.05, 3.63) is 34.1 Å². The second-order valence-corrected chi connectivity index (χ2v) is 6.42. The van der Waals surface area contributed by atoms with Crippen LogP contribution >= 0.6 is 15.9 Å². The van der Waals surface area contributed by atoms with Gasteiger partial charge in [-0.3, -0.25) is 9.69 Å². The Morgan fingerprint density at radius 2 is 2.00 bits per heavy atom. The van der Waals surface area contributed by atoms with E-state index in [0.29, 0.717) is 16.1 Å². The van der Waals surface area contributed by atoms with Gasteiger partial charge in [-0.25, -0.2) is 4.39 Å². The summed E-state index contributed by atoms with van der Waals surface area (Å²) >= 11 is 3.28. The molecule has 1 amide bonds. The number of nitrogens with zero attached hydrogens (tertiary/aromatic N) is 2. The number of hydrogen-bond donors (Lipinski definition) is 0. The normalized spacial score (nSPS) is 23.5. The van der Waals surface area contributed by atoms with Gasteiger partial charge in [-0.15, -0.1) is 0 Å². The monoisotopic (exact) mass is 340 g/mol. The molecule has 1 atom stereocenters. The van der Waals surface area contributed by atoms with Crippen molar-refractivity contribution in [1.29, 1.82) is 0 Å². The topological polar surface area (TPSA) is 23.6 Å². The molecule has 0 aliphatic carbocycles. The molecule has 0 bridgehead atoms. The van der Waals surface area contributed by atoms with Crippen molar-refractivity contribution in [1.82, 2.24) is 9.80 Å². The Balaban J connectivity index is 1.69. The van der Waals surface area contributed by atoms with Gasteiger partial charge in [0.15, 0.2) is 0 Å². The summed E-state index contributed by atoms with van der Waals surface area (Å²) < 4.78 is 13.6. The molecular weight excluding hydrogens is 323 g/mol. The molecular formula is C15H18BrFN2O. The first-order valence-electron chi connectivity index (χ1n) is 7.13. The summed E-state index contributed by atoms with van der Waals surface area (Å²) in [4.78, 5) is 16.9. The maximum absolute atomic E-state index is 13.1. The zero-order valence-corrected chi connectivity index (χ0v) is 12.9. The molecule has 3 rings (SSSR count). The summed E-state index contributed by atoms with van der Waals surface area (Å²) in [6.07, 6.45) is 3.59. The Hall–Kier alpha value is -0.940. The third kappa shape index (κ3) is 2.74. The van der Waals surface area contributed by atoms with E-state index in [-0.39, 0.29) is 11.7 Å². The molecule has 0 radical (unpaired) electrons. The number of likely N-dealkylation sites (tertiary alicyclic amines) is 2. The zero-order valence-electron chi connectivity index (χ0n) is 11.3. The van der Waals surface area contributed by atoms with Gasteiger partial charge in [-0.1, -0.05) is 0 Å². The van der Waals surface area contributed by atoms with E-state index in [1.807, 2.05) is 4.90 Å². The van der Waals surface area contributed by atoms with Crippen LogP contribution in [0.25, 0.3) is 0 Å². The number of amides is 1. The van der Waals surface area contributed by atoms with E-state index in [1.54, 1.807) is 6.07 Å². The maximum Gasteiger partial charge on any atom is 0.255 e. The van der Waals surface area contributed by atoms with Crippen molar-refractivity contribution >= 4 is 21.8 Å². The molecule has 20 heavy (non-hydrogen) atoms. The SMILES string of the molecule is O=C(c1ccc(F)cc1Br)N1CCC(N2CCCC2)C1. The third-order valence-corrected chi connectivity index (χ3v) is 4.93. The fraction of sp³-hybridized carbons (Fsp3) is 0.533. The van der Waals surface area contributed by atoms with Crippen LogP contribution in [0.2, 0.25) is 0 Å². The van der Waals surface area contributed by atoms with Crippen molar-refractivity contribution in [2.45, 2.75) is 25.3 Å². The zero-order chi connectivity index (χ0) is 14.1. The van der Waals surface area contributed by atoms with Gasteiger partial charge in [0.1, 0.15) is 5.82 Å². The minimum atomic E-state index is -0.329. The molecule has 2 saturated heterocycles. The van der Waals surface area contributed by atoms with Crippen molar-refractivity contribution in [3.8, 4) is 0 Å². The highest BCUT2D eigenvalue weighted by molar-refractivity contribution is 9.10. The Morgan fingerprint density at radius 1 is 1.25 bits per heavy atom. The van der Waals surface area contributed by atoms with Crippen LogP contribution in [0, 0.1) is 5.82 Å². The van der Waals surface area contributed by atoms with Crippen LogP contribution in [0.4, 0.5) is 4.39 Å². The number of rotatable bonds is 2. The number of carbonyl (C=O) groups excluding carboxylic acids is 1. The van der Waals surface area contributed by atoms with E-state index < -0.39 is 0 Å². The van der Waals surface area contributed by atoms with Gasteiger partial charge in [0.25, 0.3) is 5.91 Å². The lowest BCUT2D eigenvalue weighted by Gasteiger charge is -2.23. The van der Waals surface area contributed by atoms with Gasteiger partial charge in [-0.05, 0) is 66.5 Å². The predicted molar refractivity (Wildman–Crippen MR) is 79.2 cm³/mol. The maximum atomic E-state index is 13.1. The highest BCUT2D eigenvalue weighted by Crippen LogP contribution is 2.24. The Labute approximate surface area is 126 Å². The van der Waals surface area contributed by atoms with Gasteiger partial charge < -0.3 is 4.90 Å². The lowest BCUT2D eigenvalue weighted by atomic mass is 10.2. The molecule has 0 N–H and O–H groups in total. The standard InChI is InChI=1S/C15H18BrFN2O/c16-14-9-11(17)3-4-13(14)15(20)19-8-5-12(10-19)18-6-1-2-7-18/h3-4,9,12H,1-2,5-8,10H2. The molecule has 2 heterocycles. The third-order valence-electron chi connectivity index (χ3n) is 4.27. The van der Waals surface area contributed by atoms with E-state index in [0.717, 1.165) is 32.6 Å². The Bertz CT molecular complexity index is 517. The summed E-state index contributed by atoms with van der Waals surface area (Å²) in [5.74, 6) is -0.330. The van der Waals surface area contributed by atoms with E-state index in [4.69, 9.17) is 0 Å². The summed E-state index contributed by atoms with van der Waals surface area (Å²) in [5.41, 5.74) is 0.550. The molecule has 2 fully saturated rings. The molecule has 5 heteroatoms. The van der Waals surface area contributed by atoms with E-state index >= 15 is 0 Å². The molecule has 3 nitrogen and oxygen atoms in total. The molecule has 0 spiro atoms. The van der Waals surface area contributed by atoms with Gasteiger partial charge in [-0.2, -0.15) is 0 Å². The first kappa shape index (κ1) is 14.0. The summed E-state index contributed by atoms with van der Waals surface area (Å²) in [6, 6.07) is 4.75. The quantitative estimate of drug-likeness (QED) is 0.826. The van der Waals surface area contributed by atoms with E-state index in [1.165, 1.54) is 25.0 Å². The molecule has 1 aromatic carbocycles. The van der Waals surface area contributed by atoms with Crippen molar-refractivity contribution in [3.63, 3.8) is 0 Å². The van der Waals surface area contributed by atoms with Crippen LogP contribution in [0.15, 0.2) is 22.7 Å². The highest BCUT2D eigenvalue weighted by Gasteiger charge is 2.32. The molecule has 0 aromatic heterocycles. The van der Waals surface area contributed by atoms with Gasteiger partial charge in [0.2, 0.25) is 0 Å². The molecule has 0 saturated carbocycles. The lowest BCUT2D eigenvalue weighted by molar-refractivity contribution is 0.0779. The highest BCUT2D eigenvalue weighted by atomic mass is 79.9. The van der Waals surface area contributed by atoms with E-state index in [2.05, 4.69) is 20.8 Å². The molecule has 108 valence electrons. The molecule has 2 aliphatic heterocycles. The van der Waals surface area contributed by atoms with Crippen molar-refractivity contribution in [2.24, 2.45) is 0 Å². The van der Waals surface area contributed by atoms with Crippen LogP contribution in [0.1, 0.15) is 29.6 Å². The van der Waals surface area contributed by atoms with Crippen LogP contribution in [-0.4, -0.2) is 47.9 Å². The fourth-order valence-corrected chi connectivity index (χ4v) is 3.68. The predicted octanol–water partition coefficient (Wildman–Crippen LogP) is 2.90. The van der Waals surface area contributed by atoms with Crippen molar-refractivity contribution in [2.75, 3.05) is 26.2 Å². The average molecular weight is 341 g/mol. The average Bonchev–Trinajstić information content (AvgIpc) is 3.09. The van der Waals surface area contributed by atoms with Crippen LogP contribution < -0.4 is 0 Å². The van der Waals surface area contributed by atoms with Crippen LogP contribution in [0.5, 0.6) is 0 Å². The summed E-state index contributed by atoms with van der Waals surface area (Å²) in [7, 11) is 0.